The Hall–Kier alpha value is -3.97. The topological polar surface area (TPSA) is 201 Å². The lowest BCUT2D eigenvalue weighted by atomic mass is 10.0. The monoisotopic (exact) mass is 620 g/mol. The number of hydrogen-bond donors (Lipinski definition) is 1. The molecule has 0 spiro atoms. The second kappa shape index (κ2) is 16.2. The predicted molar refractivity (Wildman–Crippen MR) is 158 cm³/mol. The third-order valence-electron chi connectivity index (χ3n) is 6.22. The molecular weight excluding hydrogens is 576 g/mol. The molecule has 1 amide bonds. The minimum absolute atomic E-state index is 0.0212. The van der Waals surface area contributed by atoms with E-state index < -0.39 is 54.4 Å². The summed E-state index contributed by atoms with van der Waals surface area (Å²) in [5, 5.41) is 6.30. The van der Waals surface area contributed by atoms with Crippen molar-refractivity contribution in [1.82, 2.24) is 9.55 Å². The number of carbonyl (C=O) groups is 4. The summed E-state index contributed by atoms with van der Waals surface area (Å²) in [7, 11) is 0. The largest absolute Gasteiger partial charge is 0.462 e. The van der Waals surface area contributed by atoms with Crippen molar-refractivity contribution in [2.75, 3.05) is 11.9 Å². The number of carbonyl (C=O) groups excluding carboxylic acids is 4. The maximum atomic E-state index is 13.3. The molecule has 0 unspecified atom stereocenters. The second-order valence-corrected chi connectivity index (χ2v) is 12.5. The fraction of sp³-hybridized carbons (Fsp3) is 0.724. The molecule has 2 rings (SSSR count). The summed E-state index contributed by atoms with van der Waals surface area (Å²) in [6, 6.07) is 1.34. The van der Waals surface area contributed by atoms with Gasteiger partial charge in [-0.3, -0.25) is 23.7 Å². The Morgan fingerprint density at radius 1 is 0.955 bits per heavy atom. The first-order valence-corrected chi connectivity index (χ1v) is 14.7. The zero-order valence-electron chi connectivity index (χ0n) is 26.6. The highest BCUT2D eigenvalue weighted by molar-refractivity contribution is 5.89. The van der Waals surface area contributed by atoms with Crippen LogP contribution < -0.4 is 11.0 Å². The van der Waals surface area contributed by atoms with Crippen LogP contribution in [0, 0.1) is 23.7 Å². The van der Waals surface area contributed by atoms with Crippen LogP contribution in [0.1, 0.15) is 87.3 Å². The molecule has 15 nitrogen and oxygen atoms in total. The molecule has 0 aliphatic carbocycles. The van der Waals surface area contributed by atoms with Gasteiger partial charge in [-0.2, -0.15) is 4.98 Å². The molecule has 1 aliphatic rings. The van der Waals surface area contributed by atoms with Gasteiger partial charge < -0.3 is 24.3 Å². The highest BCUT2D eigenvalue weighted by atomic mass is 16.7. The number of azide groups is 1. The van der Waals surface area contributed by atoms with E-state index in [1.54, 1.807) is 27.7 Å². The van der Waals surface area contributed by atoms with Gasteiger partial charge in [0, 0.05) is 36.8 Å². The molecule has 0 bridgehead atoms. The molecule has 1 aromatic rings. The summed E-state index contributed by atoms with van der Waals surface area (Å²) >= 11 is 0. The maximum Gasteiger partial charge on any atom is 0.351 e. The Morgan fingerprint density at radius 3 is 2.02 bits per heavy atom. The average Bonchev–Trinajstić information content (AvgIpc) is 3.13. The summed E-state index contributed by atoms with van der Waals surface area (Å²) in [5.41, 5.74) is 6.42. The van der Waals surface area contributed by atoms with Crippen molar-refractivity contribution in [2.24, 2.45) is 28.8 Å². The fourth-order valence-electron chi connectivity index (χ4n) is 4.42. The second-order valence-electron chi connectivity index (χ2n) is 12.5. The van der Waals surface area contributed by atoms with Crippen molar-refractivity contribution >= 4 is 29.6 Å². The number of amides is 1. The van der Waals surface area contributed by atoms with Crippen LogP contribution in [0.15, 0.2) is 22.2 Å². The quantitative estimate of drug-likeness (QED) is 0.0970. The number of anilines is 1. The summed E-state index contributed by atoms with van der Waals surface area (Å²) in [4.78, 5) is 70.6. The maximum absolute atomic E-state index is 13.3. The van der Waals surface area contributed by atoms with Crippen LogP contribution >= 0.6 is 0 Å². The van der Waals surface area contributed by atoms with Gasteiger partial charge in [-0.1, -0.05) is 60.5 Å². The van der Waals surface area contributed by atoms with E-state index in [-0.39, 0.29) is 61.1 Å². The molecule has 0 radical (unpaired) electrons. The standard InChI is InChI=1S/C29H44N6O9/c1-16(2)11-21(36)31-20-9-10-35(28(40)32-20)27-25(42-23(38)13-18(5)6)26(43-24(39)14-19(7)8)29(44-27,33-34-30)15-41-22(37)12-17(3)4/h9-10,16-19,25-27H,11-15H2,1-8H3,(H,31,32,36,40)/t25-,26+,27-,29-/m1/s1. The van der Waals surface area contributed by atoms with E-state index in [1.807, 2.05) is 27.7 Å². The molecule has 1 fully saturated rings. The van der Waals surface area contributed by atoms with Crippen molar-refractivity contribution in [3.8, 4) is 0 Å². The van der Waals surface area contributed by atoms with Crippen LogP contribution in [0.2, 0.25) is 0 Å². The van der Waals surface area contributed by atoms with Gasteiger partial charge in [0.2, 0.25) is 11.6 Å². The van der Waals surface area contributed by atoms with Gasteiger partial charge in [0.25, 0.3) is 0 Å². The van der Waals surface area contributed by atoms with Crippen LogP contribution in [0.25, 0.3) is 10.4 Å². The molecule has 1 saturated heterocycles. The molecule has 0 aromatic carbocycles. The molecule has 1 aromatic heterocycles. The van der Waals surface area contributed by atoms with Crippen molar-refractivity contribution in [3.63, 3.8) is 0 Å². The zero-order valence-corrected chi connectivity index (χ0v) is 26.6. The highest BCUT2D eigenvalue weighted by Crippen LogP contribution is 2.42. The summed E-state index contributed by atoms with van der Waals surface area (Å²) in [5.74, 6) is -2.63. The van der Waals surface area contributed by atoms with Crippen molar-refractivity contribution < 1.29 is 38.1 Å². The SMILES string of the molecule is CC(C)CC(=O)Nc1ccn([C@@H]2O[C@@](COC(=O)CC(C)C)(N=[N+]=[N-])[C@@H](OC(=O)CC(C)C)[C@H]2OC(=O)CC(C)C)c(=O)n1. The molecule has 4 atom stereocenters. The lowest BCUT2D eigenvalue weighted by Gasteiger charge is -2.30. The first kappa shape index (κ1) is 36.2. The smallest absolute Gasteiger partial charge is 0.351 e. The summed E-state index contributed by atoms with van der Waals surface area (Å²) in [6.45, 7) is 13.8. The van der Waals surface area contributed by atoms with Crippen LogP contribution in [0.3, 0.4) is 0 Å². The van der Waals surface area contributed by atoms with Gasteiger partial charge in [-0.05, 0) is 35.3 Å². The average molecular weight is 621 g/mol. The van der Waals surface area contributed by atoms with Gasteiger partial charge in [-0.15, -0.1) is 0 Å². The molecule has 2 heterocycles. The Balaban J connectivity index is 2.64. The van der Waals surface area contributed by atoms with Crippen LogP contribution in [0.4, 0.5) is 5.82 Å². The summed E-state index contributed by atoms with van der Waals surface area (Å²) in [6.07, 6.45) is -3.24. The number of ether oxygens (including phenoxy) is 4. The van der Waals surface area contributed by atoms with Gasteiger partial charge in [0.1, 0.15) is 12.4 Å². The van der Waals surface area contributed by atoms with Gasteiger partial charge >= 0.3 is 23.6 Å². The third kappa shape index (κ3) is 10.6. The first-order valence-electron chi connectivity index (χ1n) is 14.7. The van der Waals surface area contributed by atoms with E-state index in [2.05, 4.69) is 20.3 Å². The van der Waals surface area contributed by atoms with E-state index in [9.17, 15) is 29.5 Å². The number of nitrogens with one attached hydrogen (secondary N) is 1. The Bertz CT molecular complexity index is 1290. The number of hydrogen-bond acceptors (Lipinski definition) is 11. The highest BCUT2D eigenvalue weighted by Gasteiger charge is 2.61. The van der Waals surface area contributed by atoms with Crippen LogP contribution in [0.5, 0.6) is 0 Å². The number of aromatic nitrogens is 2. The number of esters is 3. The first-order chi connectivity index (χ1) is 20.6. The number of nitrogens with zero attached hydrogens (tertiary/aromatic N) is 5. The van der Waals surface area contributed by atoms with Crippen molar-refractivity contribution in [2.45, 2.75) is 105 Å². The minimum Gasteiger partial charge on any atom is -0.462 e. The fourth-order valence-corrected chi connectivity index (χ4v) is 4.42. The van der Waals surface area contributed by atoms with Crippen molar-refractivity contribution in [1.29, 1.82) is 0 Å². The van der Waals surface area contributed by atoms with Gasteiger partial charge in [0.05, 0.1) is 0 Å². The predicted octanol–water partition coefficient (Wildman–Crippen LogP) is 4.27. The minimum atomic E-state index is -2.22. The Labute approximate surface area is 256 Å². The van der Waals surface area contributed by atoms with E-state index in [4.69, 9.17) is 18.9 Å². The molecule has 1 aliphatic heterocycles. The zero-order chi connectivity index (χ0) is 33.2. The molecule has 0 saturated carbocycles. The molecule has 1 N–H and O–H groups in total. The van der Waals surface area contributed by atoms with Crippen molar-refractivity contribution in [3.05, 3.63) is 33.2 Å². The van der Waals surface area contributed by atoms with E-state index in [1.165, 1.54) is 12.3 Å². The Morgan fingerprint density at radius 2 is 1.50 bits per heavy atom. The Kier molecular flexibility index (Phi) is 13.3. The van der Waals surface area contributed by atoms with Gasteiger partial charge in [0.15, 0.2) is 18.4 Å². The van der Waals surface area contributed by atoms with E-state index in [0.29, 0.717) is 0 Å². The van der Waals surface area contributed by atoms with Gasteiger partial charge in [-0.25, -0.2) is 4.79 Å². The van der Waals surface area contributed by atoms with E-state index >= 15 is 0 Å². The molecule has 244 valence electrons. The summed E-state index contributed by atoms with van der Waals surface area (Å²) < 4.78 is 24.0. The molecule has 44 heavy (non-hydrogen) atoms. The van der Waals surface area contributed by atoms with Crippen LogP contribution in [-0.2, 0) is 38.1 Å². The third-order valence-corrected chi connectivity index (χ3v) is 6.22. The lowest BCUT2D eigenvalue weighted by molar-refractivity contribution is -0.180. The lowest BCUT2D eigenvalue weighted by Crippen LogP contribution is -2.49. The normalized spacial score (nSPS) is 21.3. The molecule has 15 heteroatoms. The van der Waals surface area contributed by atoms with E-state index in [0.717, 1.165) is 4.57 Å². The van der Waals surface area contributed by atoms with Crippen LogP contribution in [-0.4, -0.2) is 57.9 Å². The molecular formula is C29H44N6O9. The number of rotatable bonds is 15.